The number of ether oxygens (including phenoxy) is 3. The third-order valence-electron chi connectivity index (χ3n) is 4.38. The van der Waals surface area contributed by atoms with Crippen molar-refractivity contribution in [1.29, 1.82) is 0 Å². The van der Waals surface area contributed by atoms with Crippen molar-refractivity contribution in [2.75, 3.05) is 39.8 Å². The van der Waals surface area contributed by atoms with Crippen LogP contribution in [0.3, 0.4) is 0 Å². The number of esters is 2. The smallest absolute Gasteiger partial charge is 0.317 e. The Morgan fingerprint density at radius 2 is 1.61 bits per heavy atom. The highest BCUT2D eigenvalue weighted by Gasteiger charge is 2.36. The van der Waals surface area contributed by atoms with E-state index < -0.39 is 24.6 Å². The third kappa shape index (κ3) is 9.16. The molecule has 1 rings (SSSR count). The van der Waals surface area contributed by atoms with Gasteiger partial charge >= 0.3 is 11.9 Å². The first-order chi connectivity index (χ1) is 12.6. The largest absolute Gasteiger partial charge is 0.465 e. The number of rotatable bonds is 11. The molecule has 0 N–H and O–H groups in total. The summed E-state index contributed by atoms with van der Waals surface area (Å²) in [6, 6.07) is 8.25. The zero-order valence-corrected chi connectivity index (χ0v) is 19.4. The van der Waals surface area contributed by atoms with Crippen LogP contribution in [-0.2, 0) is 36.6 Å². The Hall–Kier alpha value is -1.45. The zero-order valence-electron chi connectivity index (χ0n) is 18.5. The molecule has 0 aliphatic carbocycles. The highest BCUT2D eigenvalue weighted by Crippen LogP contribution is 2.54. The molecule has 1 atom stereocenters. The van der Waals surface area contributed by atoms with Crippen molar-refractivity contribution < 1.29 is 23.8 Å². The molecule has 0 radical (unpaired) electrons. The van der Waals surface area contributed by atoms with E-state index in [1.54, 1.807) is 6.92 Å². The van der Waals surface area contributed by atoms with Gasteiger partial charge in [0.15, 0.2) is 0 Å². The average molecular weight is 413 g/mol. The molecule has 1 aromatic carbocycles. The molecule has 0 heterocycles. The standard InChI is InChI=1S/C21H34O5P.CH3/c1-7-12-27(5,6)14-19-10-8-18(9-11-19)13-25-20(23)21(3,15-24-4)16-26-17(2)22;/h8-11H,7,12-16H2,1-6H3;1H3/q+1;-1. The summed E-state index contributed by atoms with van der Waals surface area (Å²) in [6.07, 6.45) is 3.66. The van der Waals surface area contributed by atoms with Crippen LogP contribution in [0.2, 0.25) is 0 Å². The minimum Gasteiger partial charge on any atom is -0.465 e. The first kappa shape index (κ1) is 26.6. The van der Waals surface area contributed by atoms with Crippen molar-refractivity contribution in [1.82, 2.24) is 0 Å². The van der Waals surface area contributed by atoms with Gasteiger partial charge in [-0.2, -0.15) is 0 Å². The maximum absolute atomic E-state index is 12.5. The molecule has 6 heteroatoms. The first-order valence-corrected chi connectivity index (χ1v) is 12.4. The molecule has 0 aromatic heterocycles. The maximum atomic E-state index is 12.5. The summed E-state index contributed by atoms with van der Waals surface area (Å²) in [5.41, 5.74) is 1.25. The molecule has 28 heavy (non-hydrogen) atoms. The molecule has 0 saturated heterocycles. The Kier molecular flexibility index (Phi) is 11.6. The summed E-state index contributed by atoms with van der Waals surface area (Å²) in [4.78, 5) is 23.5. The number of methoxy groups -OCH3 is 1. The molecular weight excluding hydrogens is 375 g/mol. The minimum absolute atomic E-state index is 0. The fourth-order valence-corrected chi connectivity index (χ4v) is 5.55. The van der Waals surface area contributed by atoms with Gasteiger partial charge in [0.2, 0.25) is 0 Å². The highest BCUT2D eigenvalue weighted by molar-refractivity contribution is 7.73. The predicted octanol–water partition coefficient (Wildman–Crippen LogP) is 4.58. The first-order valence-electron chi connectivity index (χ1n) is 9.31. The van der Waals surface area contributed by atoms with Crippen molar-refractivity contribution in [2.24, 2.45) is 5.41 Å². The van der Waals surface area contributed by atoms with Gasteiger partial charge in [-0.05, 0) is 24.5 Å². The van der Waals surface area contributed by atoms with E-state index in [4.69, 9.17) is 14.2 Å². The lowest BCUT2D eigenvalue weighted by Crippen LogP contribution is -2.39. The second kappa shape index (κ2) is 12.2. The fourth-order valence-electron chi connectivity index (χ4n) is 2.98. The quantitative estimate of drug-likeness (QED) is 0.302. The SMILES string of the molecule is CCC[P+](C)(C)Cc1ccc(COC(=O)C(C)(COC)COC(C)=O)cc1.[CH3-]. The zero-order chi connectivity index (χ0) is 20.5. The van der Waals surface area contributed by atoms with Crippen molar-refractivity contribution in [2.45, 2.75) is 40.0 Å². The van der Waals surface area contributed by atoms with Crippen molar-refractivity contribution in [3.05, 3.63) is 42.8 Å². The third-order valence-corrected chi connectivity index (χ3v) is 7.26. The summed E-state index contributed by atoms with van der Waals surface area (Å²) in [5, 5.41) is 0. The number of carbonyl (C=O) groups is 2. The van der Waals surface area contributed by atoms with E-state index >= 15 is 0 Å². The number of carbonyl (C=O) groups excluding carboxylic acids is 2. The number of benzene rings is 1. The van der Waals surface area contributed by atoms with E-state index in [-0.39, 0.29) is 27.2 Å². The van der Waals surface area contributed by atoms with Crippen LogP contribution in [0.15, 0.2) is 24.3 Å². The van der Waals surface area contributed by atoms with Crippen molar-refractivity contribution >= 4 is 19.2 Å². The van der Waals surface area contributed by atoms with Crippen LogP contribution >= 0.6 is 7.26 Å². The fraction of sp³-hybridized carbons (Fsp3) is 0.591. The molecular formula is C22H37O5P. The molecule has 0 aliphatic heterocycles. The highest BCUT2D eigenvalue weighted by atomic mass is 31.2. The predicted molar refractivity (Wildman–Crippen MR) is 117 cm³/mol. The van der Waals surface area contributed by atoms with Gasteiger partial charge in [-0.1, -0.05) is 31.2 Å². The van der Waals surface area contributed by atoms with Gasteiger partial charge in [0.05, 0.1) is 18.9 Å². The van der Waals surface area contributed by atoms with E-state index in [0.717, 1.165) is 11.7 Å². The Bertz CT molecular complexity index is 612. The average Bonchev–Trinajstić information content (AvgIpc) is 2.59. The van der Waals surface area contributed by atoms with Gasteiger partial charge in [-0.15, -0.1) is 0 Å². The van der Waals surface area contributed by atoms with Gasteiger partial charge in [0.1, 0.15) is 18.6 Å². The Labute approximate surface area is 171 Å². The maximum Gasteiger partial charge on any atom is 0.317 e. The van der Waals surface area contributed by atoms with E-state index in [9.17, 15) is 9.59 Å². The summed E-state index contributed by atoms with van der Waals surface area (Å²) >= 11 is 0. The normalized spacial score (nSPS) is 13.2. The lowest BCUT2D eigenvalue weighted by molar-refractivity contribution is -0.167. The van der Waals surface area contributed by atoms with Crippen LogP contribution in [-0.4, -0.2) is 51.8 Å². The molecule has 160 valence electrons. The number of hydrogen-bond acceptors (Lipinski definition) is 5. The van der Waals surface area contributed by atoms with Crippen LogP contribution in [0.4, 0.5) is 0 Å². The topological polar surface area (TPSA) is 61.8 Å². The van der Waals surface area contributed by atoms with Crippen LogP contribution in [0.25, 0.3) is 0 Å². The number of hydrogen-bond donors (Lipinski definition) is 0. The van der Waals surface area contributed by atoms with Crippen LogP contribution in [0.1, 0.15) is 38.3 Å². The van der Waals surface area contributed by atoms with Crippen molar-refractivity contribution in [3.63, 3.8) is 0 Å². The lowest BCUT2D eigenvalue weighted by atomic mass is 9.93. The molecule has 0 spiro atoms. The molecule has 1 unspecified atom stereocenters. The molecule has 0 aliphatic rings. The minimum atomic E-state index is -1.02. The van der Waals surface area contributed by atoms with Crippen molar-refractivity contribution in [3.8, 4) is 0 Å². The van der Waals surface area contributed by atoms with Gasteiger partial charge < -0.3 is 21.6 Å². The Morgan fingerprint density at radius 1 is 1.04 bits per heavy atom. The Morgan fingerprint density at radius 3 is 2.11 bits per heavy atom. The van der Waals surface area contributed by atoms with Gasteiger partial charge in [-0.25, -0.2) is 0 Å². The Balaban J connectivity index is 0.00000729. The van der Waals surface area contributed by atoms with Gasteiger partial charge in [0.25, 0.3) is 0 Å². The van der Waals surface area contributed by atoms with Gasteiger partial charge in [-0.3, -0.25) is 9.59 Å². The molecule has 0 bridgehead atoms. The van der Waals surface area contributed by atoms with Crippen LogP contribution in [0, 0.1) is 12.8 Å². The summed E-state index contributed by atoms with van der Waals surface area (Å²) in [7, 11) is 0.604. The molecule has 1 aromatic rings. The van der Waals surface area contributed by atoms with E-state index in [1.165, 1.54) is 32.2 Å². The lowest BCUT2D eigenvalue weighted by Gasteiger charge is -2.25. The van der Waals surface area contributed by atoms with Crippen LogP contribution < -0.4 is 0 Å². The summed E-state index contributed by atoms with van der Waals surface area (Å²) < 4.78 is 15.6. The van der Waals surface area contributed by atoms with Gasteiger partial charge in [0, 0.05) is 34.6 Å². The second-order valence-corrected chi connectivity index (χ2v) is 12.6. The van der Waals surface area contributed by atoms with E-state index in [0.29, 0.717) is 0 Å². The van der Waals surface area contributed by atoms with E-state index in [1.807, 2.05) is 12.1 Å². The van der Waals surface area contributed by atoms with Crippen LogP contribution in [0.5, 0.6) is 0 Å². The van der Waals surface area contributed by atoms with E-state index in [2.05, 4.69) is 32.4 Å². The molecule has 0 amide bonds. The molecule has 0 fully saturated rings. The monoisotopic (exact) mass is 412 g/mol. The summed E-state index contributed by atoms with van der Waals surface area (Å²) in [6.45, 7) is 10.2. The second-order valence-electron chi connectivity index (χ2n) is 7.98. The molecule has 0 saturated carbocycles. The molecule has 5 nitrogen and oxygen atoms in total. The summed E-state index contributed by atoms with van der Waals surface area (Å²) in [5.74, 6) is -0.876.